The Morgan fingerprint density at radius 1 is 1.47 bits per heavy atom. The van der Waals surface area contributed by atoms with Crippen molar-refractivity contribution in [3.8, 4) is 5.88 Å². The monoisotopic (exact) mass is 264 g/mol. The molecule has 0 amide bonds. The van der Waals surface area contributed by atoms with E-state index >= 15 is 0 Å². The van der Waals surface area contributed by atoms with Gasteiger partial charge in [0.1, 0.15) is 6.61 Å². The summed E-state index contributed by atoms with van der Waals surface area (Å²) in [4.78, 5) is 11.0. The van der Waals surface area contributed by atoms with Crippen LogP contribution < -0.4 is 10.1 Å². The van der Waals surface area contributed by atoms with E-state index in [2.05, 4.69) is 27.2 Å². The highest BCUT2D eigenvalue weighted by Gasteiger charge is 2.20. The van der Waals surface area contributed by atoms with Gasteiger partial charge in [0.2, 0.25) is 11.8 Å². The van der Waals surface area contributed by atoms with Crippen molar-refractivity contribution >= 4 is 5.95 Å². The van der Waals surface area contributed by atoms with Crippen LogP contribution >= 0.6 is 0 Å². The van der Waals surface area contributed by atoms with Crippen LogP contribution in [0.1, 0.15) is 31.7 Å². The third-order valence-corrected chi connectivity index (χ3v) is 3.59. The van der Waals surface area contributed by atoms with Crippen molar-refractivity contribution < 1.29 is 4.74 Å². The first-order chi connectivity index (χ1) is 9.20. The lowest BCUT2D eigenvalue weighted by Crippen LogP contribution is -2.40. The van der Waals surface area contributed by atoms with Gasteiger partial charge >= 0.3 is 0 Å². The van der Waals surface area contributed by atoms with Crippen molar-refractivity contribution in [3.05, 3.63) is 11.8 Å². The minimum Gasteiger partial charge on any atom is -0.476 e. The summed E-state index contributed by atoms with van der Waals surface area (Å²) in [5.41, 5.74) is 0.986. The van der Waals surface area contributed by atoms with Gasteiger partial charge in [0, 0.05) is 24.3 Å². The lowest BCUT2D eigenvalue weighted by Gasteiger charge is -2.32. The molecule has 5 heteroatoms. The van der Waals surface area contributed by atoms with Crippen molar-refractivity contribution in [2.24, 2.45) is 0 Å². The van der Waals surface area contributed by atoms with Gasteiger partial charge in [0.05, 0.1) is 0 Å². The fourth-order valence-electron chi connectivity index (χ4n) is 2.35. The first-order valence-electron chi connectivity index (χ1n) is 7.11. The fourth-order valence-corrected chi connectivity index (χ4v) is 2.35. The van der Waals surface area contributed by atoms with Crippen LogP contribution in [0.15, 0.2) is 6.20 Å². The molecule has 1 saturated heterocycles. The molecule has 2 heterocycles. The number of piperidine rings is 1. The zero-order valence-electron chi connectivity index (χ0n) is 12.1. The van der Waals surface area contributed by atoms with Crippen LogP contribution in [0.25, 0.3) is 0 Å². The molecular formula is C14H24N4O. The molecule has 2 rings (SSSR count). The molecule has 1 N–H and O–H groups in total. The van der Waals surface area contributed by atoms with Crippen LogP contribution in [-0.2, 0) is 0 Å². The molecule has 106 valence electrons. The number of likely N-dealkylation sites (tertiary alicyclic amines) is 1. The quantitative estimate of drug-likeness (QED) is 0.882. The number of aryl methyl sites for hydroxylation is 1. The van der Waals surface area contributed by atoms with Gasteiger partial charge in [-0.1, -0.05) is 6.42 Å². The third kappa shape index (κ3) is 3.80. The van der Waals surface area contributed by atoms with Gasteiger partial charge < -0.3 is 15.0 Å². The molecule has 0 spiro atoms. The molecule has 0 aromatic carbocycles. The van der Waals surface area contributed by atoms with Gasteiger partial charge in [0.15, 0.2) is 0 Å². The van der Waals surface area contributed by atoms with Crippen molar-refractivity contribution in [2.75, 3.05) is 32.1 Å². The molecule has 1 aromatic heterocycles. The third-order valence-electron chi connectivity index (χ3n) is 3.59. The largest absolute Gasteiger partial charge is 0.476 e. The molecule has 0 bridgehead atoms. The van der Waals surface area contributed by atoms with E-state index < -0.39 is 0 Å². The van der Waals surface area contributed by atoms with Gasteiger partial charge in [-0.25, -0.2) is 4.98 Å². The predicted molar refractivity (Wildman–Crippen MR) is 76.7 cm³/mol. The molecule has 1 fully saturated rings. The van der Waals surface area contributed by atoms with Crippen LogP contribution in [0.4, 0.5) is 5.95 Å². The van der Waals surface area contributed by atoms with E-state index in [4.69, 9.17) is 4.74 Å². The van der Waals surface area contributed by atoms with E-state index in [1.807, 2.05) is 20.0 Å². The van der Waals surface area contributed by atoms with E-state index in [1.54, 1.807) is 0 Å². The zero-order valence-corrected chi connectivity index (χ0v) is 12.1. The van der Waals surface area contributed by atoms with Crippen LogP contribution in [0.3, 0.4) is 0 Å². The number of nitrogens with zero attached hydrogens (tertiary/aromatic N) is 3. The summed E-state index contributed by atoms with van der Waals surface area (Å²) in [6.45, 7) is 6.70. The molecule has 19 heavy (non-hydrogen) atoms. The highest BCUT2D eigenvalue weighted by Crippen LogP contribution is 2.19. The molecular weight excluding hydrogens is 240 g/mol. The van der Waals surface area contributed by atoms with Crippen molar-refractivity contribution in [1.82, 2.24) is 14.9 Å². The number of ether oxygens (including phenoxy) is 1. The maximum atomic E-state index is 5.90. The summed E-state index contributed by atoms with van der Waals surface area (Å²) in [6.07, 6.45) is 5.61. The standard InChI is InChI=1S/C14H24N4O/c1-4-15-14-16-9-11(2)13(17-14)19-10-12-7-5-6-8-18(12)3/h9,12H,4-8,10H2,1-3H3,(H,15,16,17). The molecule has 1 aliphatic heterocycles. The first kappa shape index (κ1) is 14.1. The highest BCUT2D eigenvalue weighted by molar-refractivity contribution is 5.32. The topological polar surface area (TPSA) is 50.3 Å². The van der Waals surface area contributed by atoms with E-state index in [0.29, 0.717) is 24.5 Å². The molecule has 1 unspecified atom stereocenters. The van der Waals surface area contributed by atoms with Crippen molar-refractivity contribution in [1.29, 1.82) is 0 Å². The second kappa shape index (κ2) is 6.70. The minimum absolute atomic E-state index is 0.505. The SMILES string of the molecule is CCNc1ncc(C)c(OCC2CCCCN2C)n1. The Balaban J connectivity index is 1.96. The number of anilines is 1. The molecule has 1 aromatic rings. The lowest BCUT2D eigenvalue weighted by atomic mass is 10.0. The van der Waals surface area contributed by atoms with Gasteiger partial charge in [-0.2, -0.15) is 4.98 Å². The number of nitrogens with one attached hydrogen (secondary N) is 1. The number of hydrogen-bond acceptors (Lipinski definition) is 5. The summed E-state index contributed by atoms with van der Waals surface area (Å²) in [5.74, 6) is 1.34. The molecule has 0 saturated carbocycles. The van der Waals surface area contributed by atoms with Crippen LogP contribution in [-0.4, -0.2) is 47.7 Å². The minimum atomic E-state index is 0.505. The van der Waals surface area contributed by atoms with Crippen molar-refractivity contribution in [2.45, 2.75) is 39.2 Å². The Morgan fingerprint density at radius 2 is 2.32 bits per heavy atom. The van der Waals surface area contributed by atoms with Gasteiger partial charge in [-0.3, -0.25) is 0 Å². The lowest BCUT2D eigenvalue weighted by molar-refractivity contribution is 0.122. The van der Waals surface area contributed by atoms with E-state index in [1.165, 1.54) is 25.8 Å². The smallest absolute Gasteiger partial charge is 0.225 e. The van der Waals surface area contributed by atoms with Crippen LogP contribution in [0, 0.1) is 6.92 Å². The Kier molecular flexibility index (Phi) is 4.96. The van der Waals surface area contributed by atoms with Crippen molar-refractivity contribution in [3.63, 3.8) is 0 Å². The second-order valence-electron chi connectivity index (χ2n) is 5.15. The Hall–Kier alpha value is -1.36. The maximum absolute atomic E-state index is 5.90. The molecule has 0 aliphatic carbocycles. The average Bonchev–Trinajstić information content (AvgIpc) is 2.41. The number of likely N-dealkylation sites (N-methyl/N-ethyl adjacent to an activating group) is 1. The normalized spacial score (nSPS) is 20.3. The Bertz CT molecular complexity index is 410. The van der Waals surface area contributed by atoms with E-state index in [0.717, 1.165) is 12.1 Å². The predicted octanol–water partition coefficient (Wildman–Crippen LogP) is 2.08. The van der Waals surface area contributed by atoms with Crippen LogP contribution in [0.5, 0.6) is 5.88 Å². The van der Waals surface area contributed by atoms with Gasteiger partial charge in [-0.15, -0.1) is 0 Å². The van der Waals surface area contributed by atoms with E-state index in [-0.39, 0.29) is 0 Å². The summed E-state index contributed by atoms with van der Waals surface area (Å²) in [5, 5.41) is 3.11. The molecule has 1 atom stereocenters. The highest BCUT2D eigenvalue weighted by atomic mass is 16.5. The number of aromatic nitrogens is 2. The summed E-state index contributed by atoms with van der Waals surface area (Å²) in [6, 6.07) is 0.505. The van der Waals surface area contributed by atoms with E-state index in [9.17, 15) is 0 Å². The average molecular weight is 264 g/mol. The summed E-state index contributed by atoms with van der Waals surface area (Å²) >= 11 is 0. The molecule has 5 nitrogen and oxygen atoms in total. The number of hydrogen-bond donors (Lipinski definition) is 1. The Morgan fingerprint density at radius 3 is 3.05 bits per heavy atom. The Labute approximate surface area is 115 Å². The van der Waals surface area contributed by atoms with Crippen LogP contribution in [0.2, 0.25) is 0 Å². The summed E-state index contributed by atoms with van der Waals surface area (Å²) in [7, 11) is 2.17. The van der Waals surface area contributed by atoms with Gasteiger partial charge in [-0.05, 0) is 40.3 Å². The zero-order chi connectivity index (χ0) is 13.7. The first-order valence-corrected chi connectivity index (χ1v) is 7.11. The molecule has 1 aliphatic rings. The van der Waals surface area contributed by atoms with Gasteiger partial charge in [0.25, 0.3) is 0 Å². The molecule has 0 radical (unpaired) electrons. The second-order valence-corrected chi connectivity index (χ2v) is 5.15. The number of rotatable bonds is 5. The summed E-state index contributed by atoms with van der Waals surface area (Å²) < 4.78 is 5.90. The fraction of sp³-hybridized carbons (Fsp3) is 0.714. The maximum Gasteiger partial charge on any atom is 0.225 e.